The van der Waals surface area contributed by atoms with E-state index < -0.39 is 21.9 Å². The van der Waals surface area contributed by atoms with Crippen LogP contribution in [0.15, 0.2) is 52.4 Å². The highest BCUT2D eigenvalue weighted by Gasteiger charge is 2.17. The van der Waals surface area contributed by atoms with Gasteiger partial charge < -0.3 is 16.8 Å². The van der Waals surface area contributed by atoms with Gasteiger partial charge in [0.15, 0.2) is 5.96 Å². The van der Waals surface area contributed by atoms with Gasteiger partial charge in [0.05, 0.1) is 10.5 Å². The van der Waals surface area contributed by atoms with E-state index in [0.29, 0.717) is 17.3 Å². The van der Waals surface area contributed by atoms with E-state index in [2.05, 4.69) is 10.3 Å². The van der Waals surface area contributed by atoms with E-state index in [9.17, 15) is 13.2 Å². The highest BCUT2D eigenvalue weighted by atomic mass is 35.5. The fourth-order valence-electron chi connectivity index (χ4n) is 2.04. The maximum absolute atomic E-state index is 12.2. The average Bonchev–Trinajstić information content (AvgIpc) is 2.52. The van der Waals surface area contributed by atoms with Gasteiger partial charge in [-0.15, -0.1) is 0 Å². The number of amides is 1. The Balaban J connectivity index is 2.41. The molecule has 10 heteroatoms. The lowest BCUT2D eigenvalue weighted by atomic mass is 10.1. The fourth-order valence-corrected chi connectivity index (χ4v) is 2.78. The first kappa shape index (κ1) is 18.7. The van der Waals surface area contributed by atoms with Gasteiger partial charge in [-0.1, -0.05) is 29.8 Å². The molecule has 132 valence electrons. The molecule has 0 aliphatic carbocycles. The second-order valence-electron chi connectivity index (χ2n) is 5.04. The van der Waals surface area contributed by atoms with Crippen molar-refractivity contribution in [3.05, 3.63) is 58.6 Å². The SMILES string of the molecule is NC(N)=NC(=O)c1cc(S(N)(=O)=O)ccc1NCc1ccccc1Cl. The summed E-state index contributed by atoms with van der Waals surface area (Å²) in [6, 6.07) is 10.9. The lowest BCUT2D eigenvalue weighted by molar-refractivity contribution is 0.100. The zero-order valence-electron chi connectivity index (χ0n) is 12.9. The number of nitrogens with two attached hydrogens (primary N) is 3. The standard InChI is InChI=1S/C15H16ClN5O3S/c16-12-4-2-1-3-9(12)8-20-13-6-5-10(25(19,23)24)7-11(13)14(22)21-15(17)18/h1-7,20H,8H2,(H2,19,23,24)(H4,17,18,21,22). The van der Waals surface area contributed by atoms with Crippen molar-refractivity contribution in [2.45, 2.75) is 11.4 Å². The van der Waals surface area contributed by atoms with Crippen molar-refractivity contribution in [2.75, 3.05) is 5.32 Å². The second kappa shape index (κ2) is 7.51. The minimum Gasteiger partial charge on any atom is -0.380 e. The summed E-state index contributed by atoms with van der Waals surface area (Å²) >= 11 is 6.09. The number of nitrogens with one attached hydrogen (secondary N) is 1. The van der Waals surface area contributed by atoms with E-state index in [0.717, 1.165) is 11.6 Å². The van der Waals surface area contributed by atoms with Gasteiger partial charge in [0.2, 0.25) is 10.0 Å². The third-order valence-electron chi connectivity index (χ3n) is 3.21. The highest BCUT2D eigenvalue weighted by Crippen LogP contribution is 2.23. The number of hydrogen-bond acceptors (Lipinski definition) is 4. The Morgan fingerprint density at radius 1 is 1.16 bits per heavy atom. The Kier molecular flexibility index (Phi) is 5.62. The first-order chi connectivity index (χ1) is 11.7. The molecule has 0 unspecified atom stereocenters. The van der Waals surface area contributed by atoms with Crippen LogP contribution in [0.3, 0.4) is 0 Å². The van der Waals surface area contributed by atoms with Gasteiger partial charge >= 0.3 is 0 Å². The largest absolute Gasteiger partial charge is 0.380 e. The first-order valence-electron chi connectivity index (χ1n) is 6.96. The number of halogens is 1. The number of guanidine groups is 1. The van der Waals surface area contributed by atoms with E-state index in [1.807, 2.05) is 12.1 Å². The van der Waals surface area contributed by atoms with Crippen molar-refractivity contribution in [2.24, 2.45) is 21.6 Å². The van der Waals surface area contributed by atoms with Crippen molar-refractivity contribution in [3.63, 3.8) is 0 Å². The number of carbonyl (C=O) groups is 1. The molecule has 0 heterocycles. The number of aliphatic imine (C=N–C) groups is 1. The number of nitrogens with zero attached hydrogens (tertiary/aromatic N) is 1. The molecule has 0 atom stereocenters. The number of sulfonamides is 1. The van der Waals surface area contributed by atoms with Crippen LogP contribution in [0, 0.1) is 0 Å². The summed E-state index contributed by atoms with van der Waals surface area (Å²) in [5.74, 6) is -1.24. The molecular formula is C15H16ClN5O3S. The zero-order valence-corrected chi connectivity index (χ0v) is 14.5. The molecule has 2 rings (SSSR count). The van der Waals surface area contributed by atoms with Crippen LogP contribution in [0.2, 0.25) is 5.02 Å². The van der Waals surface area contributed by atoms with Crippen molar-refractivity contribution in [1.82, 2.24) is 0 Å². The fraction of sp³-hybridized carbons (Fsp3) is 0.0667. The summed E-state index contributed by atoms with van der Waals surface area (Å²) in [6.07, 6.45) is 0. The van der Waals surface area contributed by atoms with Gasteiger partial charge in [-0.2, -0.15) is 4.99 Å². The Morgan fingerprint density at radius 2 is 1.84 bits per heavy atom. The molecule has 25 heavy (non-hydrogen) atoms. The summed E-state index contributed by atoms with van der Waals surface area (Å²) < 4.78 is 23.0. The third-order valence-corrected chi connectivity index (χ3v) is 4.49. The summed E-state index contributed by atoms with van der Waals surface area (Å²) in [4.78, 5) is 15.4. The van der Waals surface area contributed by atoms with E-state index >= 15 is 0 Å². The lowest BCUT2D eigenvalue weighted by Gasteiger charge is -2.12. The molecule has 0 spiro atoms. The number of rotatable bonds is 5. The van der Waals surface area contributed by atoms with Crippen LogP contribution in [0.1, 0.15) is 15.9 Å². The number of benzene rings is 2. The smallest absolute Gasteiger partial charge is 0.282 e. The van der Waals surface area contributed by atoms with Crippen LogP contribution < -0.4 is 21.9 Å². The maximum atomic E-state index is 12.2. The first-order valence-corrected chi connectivity index (χ1v) is 8.89. The molecule has 7 N–H and O–H groups in total. The quantitative estimate of drug-likeness (QED) is 0.447. The molecule has 0 radical (unpaired) electrons. The van der Waals surface area contributed by atoms with Crippen molar-refractivity contribution in [1.29, 1.82) is 0 Å². The normalized spacial score (nSPS) is 11.0. The summed E-state index contributed by atoms with van der Waals surface area (Å²) in [7, 11) is -3.99. The van der Waals surface area contributed by atoms with E-state index in [4.69, 9.17) is 28.2 Å². The number of primary sulfonamides is 1. The minimum atomic E-state index is -3.99. The number of carbonyl (C=O) groups excluding carboxylic acids is 1. The predicted molar refractivity (Wildman–Crippen MR) is 96.7 cm³/mol. The Morgan fingerprint density at radius 3 is 2.44 bits per heavy atom. The minimum absolute atomic E-state index is 0.0352. The van der Waals surface area contributed by atoms with Gasteiger partial charge in [0, 0.05) is 17.3 Å². The Bertz CT molecular complexity index is 940. The topological polar surface area (TPSA) is 154 Å². The lowest BCUT2D eigenvalue weighted by Crippen LogP contribution is -2.24. The number of anilines is 1. The second-order valence-corrected chi connectivity index (χ2v) is 7.01. The van der Waals surface area contributed by atoms with Crippen LogP contribution >= 0.6 is 11.6 Å². The molecule has 0 fully saturated rings. The van der Waals surface area contributed by atoms with Crippen LogP contribution in [-0.2, 0) is 16.6 Å². The summed E-state index contributed by atoms with van der Waals surface area (Å²) in [5, 5.41) is 8.66. The molecule has 0 saturated carbocycles. The van der Waals surface area contributed by atoms with Gasteiger partial charge in [-0.3, -0.25) is 4.79 Å². The zero-order chi connectivity index (χ0) is 18.6. The van der Waals surface area contributed by atoms with E-state index in [1.54, 1.807) is 12.1 Å². The summed E-state index contributed by atoms with van der Waals surface area (Å²) in [5.41, 5.74) is 11.5. The average molecular weight is 382 g/mol. The monoisotopic (exact) mass is 381 g/mol. The van der Waals surface area contributed by atoms with Gasteiger partial charge in [0.25, 0.3) is 5.91 Å². The Hall–Kier alpha value is -2.62. The molecule has 0 aliphatic heterocycles. The molecular weight excluding hydrogens is 366 g/mol. The molecule has 1 amide bonds. The van der Waals surface area contributed by atoms with Gasteiger partial charge in [-0.25, -0.2) is 13.6 Å². The molecule has 0 aromatic heterocycles. The van der Waals surface area contributed by atoms with Crippen molar-refractivity contribution < 1.29 is 13.2 Å². The molecule has 0 saturated heterocycles. The van der Waals surface area contributed by atoms with Crippen molar-refractivity contribution in [3.8, 4) is 0 Å². The van der Waals surface area contributed by atoms with E-state index in [-0.39, 0.29) is 10.5 Å². The van der Waals surface area contributed by atoms with Crippen LogP contribution in [0.5, 0.6) is 0 Å². The summed E-state index contributed by atoms with van der Waals surface area (Å²) in [6.45, 7) is 0.302. The molecule has 2 aromatic rings. The molecule has 8 nitrogen and oxygen atoms in total. The van der Waals surface area contributed by atoms with Gasteiger partial charge in [-0.05, 0) is 29.8 Å². The molecule has 2 aromatic carbocycles. The third kappa shape index (κ3) is 4.92. The van der Waals surface area contributed by atoms with Crippen LogP contribution in [0.25, 0.3) is 0 Å². The molecule has 0 bridgehead atoms. The van der Waals surface area contributed by atoms with Crippen molar-refractivity contribution >= 4 is 39.2 Å². The molecule has 0 aliphatic rings. The Labute approximate surface area is 149 Å². The van der Waals surface area contributed by atoms with Gasteiger partial charge in [0.1, 0.15) is 0 Å². The predicted octanol–water partition coefficient (Wildman–Crippen LogP) is 1.01. The maximum Gasteiger partial charge on any atom is 0.282 e. The number of hydrogen-bond donors (Lipinski definition) is 4. The van der Waals surface area contributed by atoms with Crippen LogP contribution in [0.4, 0.5) is 5.69 Å². The highest BCUT2D eigenvalue weighted by molar-refractivity contribution is 7.89. The van der Waals surface area contributed by atoms with Crippen LogP contribution in [-0.4, -0.2) is 20.3 Å². The van der Waals surface area contributed by atoms with E-state index in [1.165, 1.54) is 12.1 Å².